The number of phenolic OH excluding ortho intramolecular Hbond substituents is 1. The van der Waals surface area contributed by atoms with Gasteiger partial charge < -0.3 is 14.6 Å². The summed E-state index contributed by atoms with van der Waals surface area (Å²) < 4.78 is 6.01. The minimum Gasteiger partial charge on any atom is -0.507 e. The van der Waals surface area contributed by atoms with Crippen molar-refractivity contribution in [3.8, 4) is 11.5 Å². The van der Waals surface area contributed by atoms with Gasteiger partial charge in [0.2, 0.25) is 0 Å². The number of aldehydes is 1. The summed E-state index contributed by atoms with van der Waals surface area (Å²) in [4.78, 5) is 17.2. The third kappa shape index (κ3) is 5.86. The minimum absolute atomic E-state index is 0.193. The monoisotopic (exact) mass is 421 g/mol. The molecule has 0 atom stereocenters. The van der Waals surface area contributed by atoms with Gasteiger partial charge in [-0.2, -0.15) is 0 Å². The summed E-state index contributed by atoms with van der Waals surface area (Å²) in [5, 5.41) is 10.6. The van der Waals surface area contributed by atoms with E-state index in [1.807, 2.05) is 57.2 Å². The second kappa shape index (κ2) is 9.81. The number of carbonyl (C=O) groups is 1. The van der Waals surface area contributed by atoms with Crippen molar-refractivity contribution in [2.24, 2.45) is 5.41 Å². The quantitative estimate of drug-likeness (QED) is 0.431. The molecule has 0 amide bonds. The van der Waals surface area contributed by atoms with Crippen molar-refractivity contribution in [1.82, 2.24) is 4.98 Å². The molecule has 0 unspecified atom stereocenters. The fourth-order valence-electron chi connectivity index (χ4n) is 3.25. The Morgan fingerprint density at radius 3 is 2.60 bits per heavy atom. The van der Waals surface area contributed by atoms with Gasteiger partial charge in [0.25, 0.3) is 0 Å². The molecule has 0 aliphatic heterocycles. The standard InChI is InChI=1S/C25H27NO3S/c1-18-23(8-7-20(24(18)28)16-25(2,3)11-14-27)29-17-19-5-4-6-22(15-19)30-21-9-12-26-13-10-21/h4-10,12-15,28H,11,16-17H2,1-3H3. The lowest BCUT2D eigenvalue weighted by Gasteiger charge is -2.23. The first-order valence-electron chi connectivity index (χ1n) is 9.93. The number of aromatic nitrogens is 1. The van der Waals surface area contributed by atoms with Gasteiger partial charge in [-0.25, -0.2) is 0 Å². The molecule has 3 aromatic rings. The van der Waals surface area contributed by atoms with Crippen molar-refractivity contribution >= 4 is 18.0 Å². The summed E-state index contributed by atoms with van der Waals surface area (Å²) in [5.41, 5.74) is 2.42. The molecule has 5 heteroatoms. The maximum absolute atomic E-state index is 10.9. The van der Waals surface area contributed by atoms with Gasteiger partial charge in [0, 0.05) is 34.2 Å². The third-order valence-corrected chi connectivity index (χ3v) is 5.95. The fourth-order valence-corrected chi connectivity index (χ4v) is 4.14. The number of nitrogens with zero attached hydrogens (tertiary/aromatic N) is 1. The van der Waals surface area contributed by atoms with E-state index in [0.29, 0.717) is 25.2 Å². The molecular formula is C25H27NO3S. The number of hydrogen-bond acceptors (Lipinski definition) is 5. The number of benzene rings is 2. The summed E-state index contributed by atoms with van der Waals surface area (Å²) in [6.07, 6.45) is 5.59. The lowest BCUT2D eigenvalue weighted by atomic mass is 9.82. The SMILES string of the molecule is Cc1c(OCc2cccc(Sc3ccncc3)c2)ccc(CC(C)(C)CC=O)c1O. The fraction of sp³-hybridized carbons (Fsp3) is 0.280. The second-order valence-electron chi connectivity index (χ2n) is 8.13. The van der Waals surface area contributed by atoms with Crippen LogP contribution in [-0.4, -0.2) is 16.4 Å². The van der Waals surface area contributed by atoms with E-state index in [0.717, 1.165) is 32.8 Å². The molecule has 1 heterocycles. The van der Waals surface area contributed by atoms with Gasteiger partial charge >= 0.3 is 0 Å². The molecular weight excluding hydrogens is 394 g/mol. The molecule has 0 aliphatic rings. The van der Waals surface area contributed by atoms with E-state index in [1.54, 1.807) is 24.2 Å². The lowest BCUT2D eigenvalue weighted by molar-refractivity contribution is -0.109. The number of rotatable bonds is 9. The maximum atomic E-state index is 10.9. The summed E-state index contributed by atoms with van der Waals surface area (Å²) >= 11 is 1.68. The van der Waals surface area contributed by atoms with Gasteiger partial charge in [-0.15, -0.1) is 0 Å². The largest absolute Gasteiger partial charge is 0.507 e. The van der Waals surface area contributed by atoms with Gasteiger partial charge in [-0.1, -0.05) is 43.8 Å². The van der Waals surface area contributed by atoms with Gasteiger partial charge in [0.05, 0.1) is 0 Å². The van der Waals surface area contributed by atoms with Crippen LogP contribution in [0, 0.1) is 12.3 Å². The number of pyridine rings is 1. The van der Waals surface area contributed by atoms with E-state index < -0.39 is 0 Å². The van der Waals surface area contributed by atoms with Crippen molar-refractivity contribution in [1.29, 1.82) is 0 Å². The molecule has 1 N–H and O–H groups in total. The van der Waals surface area contributed by atoms with Crippen molar-refractivity contribution in [2.45, 2.75) is 50.0 Å². The first kappa shape index (κ1) is 21.9. The van der Waals surface area contributed by atoms with Gasteiger partial charge in [0.15, 0.2) is 0 Å². The van der Waals surface area contributed by atoms with Crippen molar-refractivity contribution in [3.05, 3.63) is 77.6 Å². The first-order chi connectivity index (χ1) is 14.4. The van der Waals surface area contributed by atoms with E-state index in [4.69, 9.17) is 4.74 Å². The molecule has 0 fully saturated rings. The van der Waals surface area contributed by atoms with Crippen LogP contribution in [0.5, 0.6) is 11.5 Å². The van der Waals surface area contributed by atoms with Crippen LogP contribution < -0.4 is 4.74 Å². The van der Waals surface area contributed by atoms with Crippen LogP contribution in [-0.2, 0) is 17.8 Å². The van der Waals surface area contributed by atoms with Crippen LogP contribution in [0.1, 0.15) is 37.0 Å². The Bertz CT molecular complexity index is 1000. The van der Waals surface area contributed by atoms with Crippen molar-refractivity contribution < 1.29 is 14.6 Å². The molecule has 30 heavy (non-hydrogen) atoms. The predicted molar refractivity (Wildman–Crippen MR) is 120 cm³/mol. The Morgan fingerprint density at radius 1 is 1.10 bits per heavy atom. The second-order valence-corrected chi connectivity index (χ2v) is 9.28. The molecule has 1 aromatic heterocycles. The molecule has 0 aliphatic carbocycles. The highest BCUT2D eigenvalue weighted by molar-refractivity contribution is 7.99. The maximum Gasteiger partial charge on any atom is 0.126 e. The molecule has 2 aromatic carbocycles. The van der Waals surface area contributed by atoms with Gasteiger partial charge in [0.1, 0.15) is 24.4 Å². The highest BCUT2D eigenvalue weighted by Gasteiger charge is 2.21. The zero-order valence-corrected chi connectivity index (χ0v) is 18.4. The normalized spacial score (nSPS) is 11.3. The zero-order valence-electron chi connectivity index (χ0n) is 17.6. The Kier molecular flexibility index (Phi) is 7.16. The number of ether oxygens (including phenoxy) is 1. The Hall–Kier alpha value is -2.79. The van der Waals surface area contributed by atoms with Crippen LogP contribution in [0.15, 0.2) is 70.7 Å². The summed E-state index contributed by atoms with van der Waals surface area (Å²) in [6.45, 7) is 6.33. The van der Waals surface area contributed by atoms with Crippen molar-refractivity contribution in [2.75, 3.05) is 0 Å². The number of aromatic hydroxyl groups is 1. The summed E-state index contributed by atoms with van der Waals surface area (Å²) in [5.74, 6) is 0.908. The molecule has 156 valence electrons. The van der Waals surface area contributed by atoms with E-state index in [2.05, 4.69) is 17.1 Å². The molecule has 0 saturated carbocycles. The highest BCUT2D eigenvalue weighted by Crippen LogP contribution is 2.36. The Morgan fingerprint density at radius 2 is 1.87 bits per heavy atom. The molecule has 0 saturated heterocycles. The topological polar surface area (TPSA) is 59.4 Å². The third-order valence-electron chi connectivity index (χ3n) is 4.95. The molecule has 4 nitrogen and oxygen atoms in total. The number of hydrogen-bond donors (Lipinski definition) is 1. The molecule has 3 rings (SSSR count). The predicted octanol–water partition coefficient (Wildman–Crippen LogP) is 5.98. The average molecular weight is 422 g/mol. The molecule has 0 bridgehead atoms. The Balaban J connectivity index is 1.68. The van der Waals surface area contributed by atoms with E-state index in [1.165, 1.54) is 0 Å². The highest BCUT2D eigenvalue weighted by atomic mass is 32.2. The van der Waals surface area contributed by atoms with E-state index in [9.17, 15) is 9.90 Å². The van der Waals surface area contributed by atoms with Crippen LogP contribution in [0.3, 0.4) is 0 Å². The minimum atomic E-state index is -0.193. The summed E-state index contributed by atoms with van der Waals surface area (Å²) in [6, 6.07) is 16.0. The molecule has 0 radical (unpaired) electrons. The zero-order chi connectivity index (χ0) is 21.6. The van der Waals surface area contributed by atoms with Crippen LogP contribution >= 0.6 is 11.8 Å². The smallest absolute Gasteiger partial charge is 0.126 e. The Labute approximate surface area is 182 Å². The van der Waals surface area contributed by atoms with Crippen LogP contribution in [0.25, 0.3) is 0 Å². The van der Waals surface area contributed by atoms with Gasteiger partial charge in [-0.3, -0.25) is 4.98 Å². The number of carbonyl (C=O) groups excluding carboxylic acids is 1. The van der Waals surface area contributed by atoms with Gasteiger partial charge in [-0.05, 0) is 60.2 Å². The first-order valence-corrected chi connectivity index (χ1v) is 10.7. The van der Waals surface area contributed by atoms with Crippen LogP contribution in [0.4, 0.5) is 0 Å². The van der Waals surface area contributed by atoms with E-state index >= 15 is 0 Å². The van der Waals surface area contributed by atoms with E-state index in [-0.39, 0.29) is 11.2 Å². The number of phenols is 1. The molecule has 0 spiro atoms. The van der Waals surface area contributed by atoms with Crippen LogP contribution in [0.2, 0.25) is 0 Å². The lowest BCUT2D eigenvalue weighted by Crippen LogP contribution is -2.15. The van der Waals surface area contributed by atoms with Crippen molar-refractivity contribution in [3.63, 3.8) is 0 Å². The average Bonchev–Trinajstić information content (AvgIpc) is 2.72. The summed E-state index contributed by atoms with van der Waals surface area (Å²) in [7, 11) is 0.